The van der Waals surface area contributed by atoms with Gasteiger partial charge in [0, 0.05) is 23.7 Å². The Kier molecular flexibility index (Phi) is 13.1. The molecule has 1 heterocycles. The number of carboxylic acids is 1. The molecule has 0 aliphatic carbocycles. The van der Waals surface area contributed by atoms with Crippen LogP contribution in [0.4, 0.5) is 4.39 Å². The summed E-state index contributed by atoms with van der Waals surface area (Å²) in [5.74, 6) is -0.483. The van der Waals surface area contributed by atoms with Crippen LogP contribution < -0.4 is 10.1 Å². The summed E-state index contributed by atoms with van der Waals surface area (Å²) in [5, 5.41) is 22.9. The third-order valence-electron chi connectivity index (χ3n) is 7.63. The molecule has 1 aromatic heterocycles. The number of carbonyl (C=O) groups is 1. The highest BCUT2D eigenvalue weighted by atomic mass is 19.1. The number of rotatable bonds is 16. The maximum atomic E-state index is 13.9. The molecule has 2 aromatic carbocycles. The monoisotopic (exact) mass is 606 g/mol. The smallest absolute Gasteiger partial charge is 0.305 e. The lowest BCUT2D eigenvalue weighted by Crippen LogP contribution is -2.23. The van der Waals surface area contributed by atoms with Crippen LogP contribution in [-0.2, 0) is 16.0 Å². The van der Waals surface area contributed by atoms with E-state index in [-0.39, 0.29) is 30.9 Å². The number of aliphatic carboxylic acids is 1. The van der Waals surface area contributed by atoms with Gasteiger partial charge in [0.05, 0.1) is 24.3 Å². The van der Waals surface area contributed by atoms with Gasteiger partial charge in [0.15, 0.2) is 6.79 Å². The van der Waals surface area contributed by atoms with Crippen molar-refractivity contribution >= 4 is 12.0 Å². The quantitative estimate of drug-likeness (QED) is 0.148. The molecule has 0 aliphatic heterocycles. The van der Waals surface area contributed by atoms with Crippen molar-refractivity contribution in [1.82, 2.24) is 10.3 Å². The summed E-state index contributed by atoms with van der Waals surface area (Å²) >= 11 is 0. The Morgan fingerprint density at radius 2 is 1.64 bits per heavy atom. The number of likely N-dealkylation sites (N-methyl/N-ethyl adjacent to an activating group) is 1. The number of hydrogen-bond acceptors (Lipinski definition) is 6. The first-order chi connectivity index (χ1) is 20.9. The predicted octanol–water partition coefficient (Wildman–Crippen LogP) is 7.25. The van der Waals surface area contributed by atoms with Crippen molar-refractivity contribution in [3.05, 3.63) is 88.5 Å². The topological polar surface area (TPSA) is 101 Å². The van der Waals surface area contributed by atoms with Gasteiger partial charge in [0.1, 0.15) is 11.6 Å². The number of carboxylic acid groups (broad SMARTS) is 1. The first kappa shape index (κ1) is 34.9. The van der Waals surface area contributed by atoms with E-state index in [1.165, 1.54) is 17.7 Å². The Hall–Kier alpha value is -3.59. The van der Waals surface area contributed by atoms with E-state index in [0.717, 1.165) is 40.1 Å². The minimum absolute atomic E-state index is 0.0619. The zero-order valence-electron chi connectivity index (χ0n) is 26.9. The van der Waals surface area contributed by atoms with Crippen molar-refractivity contribution < 1.29 is 28.9 Å². The largest absolute Gasteiger partial charge is 0.481 e. The van der Waals surface area contributed by atoms with Crippen LogP contribution in [0, 0.1) is 12.7 Å². The summed E-state index contributed by atoms with van der Waals surface area (Å²) < 4.78 is 25.8. The van der Waals surface area contributed by atoms with Crippen LogP contribution in [-0.4, -0.2) is 53.3 Å². The SMILES string of the molecule is CNC(C)Cc1ccc(OCO[C@H](/C=C/c2c(C(C)C)nc(C(C)C)c(C)c2-c2ccc(F)cc2)C[C@@H](O)CC(=O)O)cc1. The molecule has 238 valence electrons. The normalized spacial score (nSPS) is 13.9. The van der Waals surface area contributed by atoms with Crippen LogP contribution in [0.25, 0.3) is 17.2 Å². The summed E-state index contributed by atoms with van der Waals surface area (Å²) in [4.78, 5) is 16.3. The van der Waals surface area contributed by atoms with Crippen molar-refractivity contribution in [2.45, 2.75) is 90.9 Å². The van der Waals surface area contributed by atoms with Crippen LogP contribution in [0.5, 0.6) is 5.75 Å². The van der Waals surface area contributed by atoms with Gasteiger partial charge >= 0.3 is 5.97 Å². The summed E-state index contributed by atoms with van der Waals surface area (Å²) in [7, 11) is 1.93. The minimum atomic E-state index is -1.11. The number of aliphatic hydroxyl groups excluding tert-OH is 1. The molecule has 3 aromatic rings. The van der Waals surface area contributed by atoms with E-state index < -0.39 is 24.6 Å². The molecule has 7 nitrogen and oxygen atoms in total. The molecule has 1 unspecified atom stereocenters. The van der Waals surface area contributed by atoms with Crippen LogP contribution in [0.15, 0.2) is 54.6 Å². The van der Waals surface area contributed by atoms with Crippen LogP contribution >= 0.6 is 0 Å². The average Bonchev–Trinajstić information content (AvgIpc) is 2.96. The van der Waals surface area contributed by atoms with Gasteiger partial charge in [-0.25, -0.2) is 4.39 Å². The zero-order valence-corrected chi connectivity index (χ0v) is 26.9. The van der Waals surface area contributed by atoms with Gasteiger partial charge in [0.25, 0.3) is 0 Å². The van der Waals surface area contributed by atoms with Crippen LogP contribution in [0.3, 0.4) is 0 Å². The van der Waals surface area contributed by atoms with Crippen molar-refractivity contribution in [3.8, 4) is 16.9 Å². The number of aliphatic hydroxyl groups is 1. The molecule has 0 bridgehead atoms. The fourth-order valence-electron chi connectivity index (χ4n) is 5.22. The molecule has 0 amide bonds. The van der Waals surface area contributed by atoms with Gasteiger partial charge in [-0.05, 0) is 85.7 Å². The molecular weight excluding hydrogens is 559 g/mol. The second-order valence-corrected chi connectivity index (χ2v) is 12.0. The lowest BCUT2D eigenvalue weighted by molar-refractivity contribution is -0.139. The molecule has 44 heavy (non-hydrogen) atoms. The van der Waals surface area contributed by atoms with Crippen molar-refractivity contribution in [2.75, 3.05) is 13.8 Å². The molecule has 0 saturated heterocycles. The maximum Gasteiger partial charge on any atom is 0.305 e. The van der Waals surface area contributed by atoms with Gasteiger partial charge in [-0.15, -0.1) is 0 Å². The number of ether oxygens (including phenoxy) is 2. The molecule has 0 radical (unpaired) electrons. The number of pyridine rings is 1. The summed E-state index contributed by atoms with van der Waals surface area (Å²) in [5.41, 5.74) is 6.77. The van der Waals surface area contributed by atoms with E-state index in [1.54, 1.807) is 12.1 Å². The molecule has 0 spiro atoms. The van der Waals surface area contributed by atoms with E-state index in [9.17, 15) is 19.4 Å². The lowest BCUT2D eigenvalue weighted by atomic mass is 9.87. The number of halogens is 1. The fraction of sp³-hybridized carbons (Fsp3) is 0.444. The standard InChI is InChI=1S/C36H47FN2O5/c1-22(2)35-25(6)34(27-10-12-28(37)13-11-27)32(36(39-35)23(3)4)17-16-31(19-29(40)20-33(41)42)44-21-43-30-14-8-26(9-15-30)18-24(5)38-7/h8-17,22-24,29,31,38,40H,18-21H2,1-7H3,(H,41,42)/b17-16+/t24?,29-,31-/m1/s1. The molecular formula is C36H47FN2O5. The second kappa shape index (κ2) is 16.5. The van der Waals surface area contributed by atoms with Gasteiger partial charge in [-0.3, -0.25) is 9.78 Å². The first-order valence-electron chi connectivity index (χ1n) is 15.3. The van der Waals surface area contributed by atoms with Gasteiger partial charge in [-0.1, -0.05) is 64.1 Å². The van der Waals surface area contributed by atoms with Crippen molar-refractivity contribution in [2.24, 2.45) is 0 Å². The molecule has 3 rings (SSSR count). The van der Waals surface area contributed by atoms with Crippen LogP contribution in [0.2, 0.25) is 0 Å². The minimum Gasteiger partial charge on any atom is -0.481 e. The highest BCUT2D eigenvalue weighted by Gasteiger charge is 2.22. The van der Waals surface area contributed by atoms with E-state index in [2.05, 4.69) is 39.9 Å². The Morgan fingerprint density at radius 1 is 1.00 bits per heavy atom. The van der Waals surface area contributed by atoms with E-state index in [0.29, 0.717) is 11.8 Å². The molecule has 0 saturated carbocycles. The lowest BCUT2D eigenvalue weighted by Gasteiger charge is -2.23. The fourth-order valence-corrected chi connectivity index (χ4v) is 5.22. The number of aromatic nitrogens is 1. The Labute approximate surface area is 261 Å². The molecule has 8 heteroatoms. The third-order valence-corrected chi connectivity index (χ3v) is 7.63. The van der Waals surface area contributed by atoms with E-state index in [1.807, 2.05) is 50.4 Å². The summed E-state index contributed by atoms with van der Waals surface area (Å²) in [6.07, 6.45) is 2.54. The number of nitrogens with zero attached hydrogens (tertiary/aromatic N) is 1. The van der Waals surface area contributed by atoms with Crippen molar-refractivity contribution in [3.63, 3.8) is 0 Å². The van der Waals surface area contributed by atoms with Gasteiger partial charge < -0.3 is 25.0 Å². The molecule has 3 N–H and O–H groups in total. The van der Waals surface area contributed by atoms with E-state index >= 15 is 0 Å². The average molecular weight is 607 g/mol. The van der Waals surface area contributed by atoms with Gasteiger partial charge in [0.2, 0.25) is 0 Å². The number of benzene rings is 2. The highest BCUT2D eigenvalue weighted by molar-refractivity contribution is 5.80. The second-order valence-electron chi connectivity index (χ2n) is 12.0. The van der Waals surface area contributed by atoms with Gasteiger partial charge in [-0.2, -0.15) is 0 Å². The highest BCUT2D eigenvalue weighted by Crippen LogP contribution is 2.37. The zero-order chi connectivity index (χ0) is 32.4. The Balaban J connectivity index is 1.94. The molecule has 0 fully saturated rings. The van der Waals surface area contributed by atoms with E-state index in [4.69, 9.17) is 14.5 Å². The maximum absolute atomic E-state index is 13.9. The van der Waals surface area contributed by atoms with Crippen molar-refractivity contribution in [1.29, 1.82) is 0 Å². The predicted molar refractivity (Wildman–Crippen MR) is 173 cm³/mol. The number of nitrogens with one attached hydrogen (secondary N) is 1. The Bertz CT molecular complexity index is 1390. The molecule has 3 atom stereocenters. The summed E-state index contributed by atoms with van der Waals surface area (Å²) in [6, 6.07) is 14.6. The number of hydrogen-bond donors (Lipinski definition) is 3. The van der Waals surface area contributed by atoms with Crippen LogP contribution in [0.1, 0.15) is 87.4 Å². The first-order valence-corrected chi connectivity index (χ1v) is 15.3. The third kappa shape index (κ3) is 9.97. The Morgan fingerprint density at radius 3 is 2.20 bits per heavy atom. The summed E-state index contributed by atoms with van der Waals surface area (Å²) in [6.45, 7) is 12.4. The molecule has 0 aliphatic rings.